The third-order valence-electron chi connectivity index (χ3n) is 3.83. The van der Waals surface area contributed by atoms with Gasteiger partial charge in [0.1, 0.15) is 11.9 Å². The highest BCUT2D eigenvalue weighted by Crippen LogP contribution is 2.26. The molecule has 2 aromatic rings. The van der Waals surface area contributed by atoms with Gasteiger partial charge < -0.3 is 14.6 Å². The number of nitrogens with one attached hydrogen (secondary N) is 1. The highest BCUT2D eigenvalue weighted by atomic mass is 79.9. The molecule has 0 unspecified atom stereocenters. The van der Waals surface area contributed by atoms with E-state index in [-0.39, 0.29) is 19.0 Å². The Morgan fingerprint density at radius 1 is 1.48 bits per heavy atom. The molecule has 0 saturated carbocycles. The first-order valence-electron chi connectivity index (χ1n) is 7.92. The summed E-state index contributed by atoms with van der Waals surface area (Å²) in [6, 6.07) is 4.47. The van der Waals surface area contributed by atoms with Crippen LogP contribution in [0.3, 0.4) is 0 Å². The number of cyclic esters (lactones) is 1. The van der Waals surface area contributed by atoms with Crippen LogP contribution in [0.25, 0.3) is 11.8 Å². The molecule has 142 valence electrons. The monoisotopic (exact) mass is 500 g/mol. The second-order valence-corrected chi connectivity index (χ2v) is 8.60. The molecule has 0 bridgehead atoms. The predicted octanol–water partition coefficient (Wildman–Crippen LogP) is 3.56. The van der Waals surface area contributed by atoms with Crippen molar-refractivity contribution in [3.05, 3.63) is 45.6 Å². The Bertz CT molecular complexity index is 911. The molecular formula is C17H15Br2FN4O3. The first-order chi connectivity index (χ1) is 12.8. The Morgan fingerprint density at radius 3 is 2.93 bits per heavy atom. The van der Waals surface area contributed by atoms with Gasteiger partial charge in [-0.25, -0.2) is 14.2 Å². The molecule has 0 aliphatic carbocycles. The van der Waals surface area contributed by atoms with Crippen molar-refractivity contribution in [2.45, 2.75) is 13.0 Å². The Balaban J connectivity index is 1.77. The fourth-order valence-corrected chi connectivity index (χ4v) is 3.09. The molecule has 0 spiro atoms. The van der Waals surface area contributed by atoms with Crippen molar-refractivity contribution < 1.29 is 18.7 Å². The third-order valence-corrected chi connectivity index (χ3v) is 4.29. The van der Waals surface area contributed by atoms with E-state index in [1.165, 1.54) is 24.2 Å². The second-order valence-electron chi connectivity index (χ2n) is 5.83. The van der Waals surface area contributed by atoms with Crippen LogP contribution < -0.4 is 10.2 Å². The highest BCUT2D eigenvalue weighted by molar-refractivity contribution is 9.28. The fourth-order valence-electron chi connectivity index (χ4n) is 2.63. The molecule has 1 aliphatic rings. The maximum absolute atomic E-state index is 14.6. The number of imidazole rings is 1. The Hall–Kier alpha value is -2.20. The normalized spacial score (nSPS) is 16.2. The Labute approximate surface area is 171 Å². The van der Waals surface area contributed by atoms with Crippen molar-refractivity contribution in [3.63, 3.8) is 0 Å². The van der Waals surface area contributed by atoms with E-state index in [2.05, 4.69) is 42.2 Å². The van der Waals surface area contributed by atoms with Crippen molar-refractivity contribution in [2.75, 3.05) is 18.0 Å². The number of anilines is 1. The molecule has 1 fully saturated rings. The van der Waals surface area contributed by atoms with Crippen molar-refractivity contribution in [2.24, 2.45) is 0 Å². The van der Waals surface area contributed by atoms with Crippen LogP contribution in [0.2, 0.25) is 0 Å². The first kappa shape index (κ1) is 19.6. The van der Waals surface area contributed by atoms with E-state index in [9.17, 15) is 14.0 Å². The van der Waals surface area contributed by atoms with E-state index in [0.29, 0.717) is 17.1 Å². The zero-order chi connectivity index (χ0) is 19.6. The number of benzene rings is 1. The maximum Gasteiger partial charge on any atom is 0.414 e. The molecule has 1 aromatic carbocycles. The van der Waals surface area contributed by atoms with E-state index in [0.717, 1.165) is 3.39 Å². The van der Waals surface area contributed by atoms with Crippen molar-refractivity contribution in [1.82, 2.24) is 14.9 Å². The average molecular weight is 502 g/mol. The smallest absolute Gasteiger partial charge is 0.414 e. The summed E-state index contributed by atoms with van der Waals surface area (Å²) >= 11 is 6.50. The molecule has 3 rings (SSSR count). The molecule has 1 atom stereocenters. The van der Waals surface area contributed by atoms with E-state index >= 15 is 0 Å². The quantitative estimate of drug-likeness (QED) is 0.679. The topological polar surface area (TPSA) is 76.5 Å². The number of nitrogens with zero attached hydrogens (tertiary/aromatic N) is 3. The van der Waals surface area contributed by atoms with E-state index in [1.54, 1.807) is 29.0 Å². The first-order valence-corrected chi connectivity index (χ1v) is 9.51. The number of hydrogen-bond donors (Lipinski definition) is 1. The van der Waals surface area contributed by atoms with Crippen LogP contribution in [0.5, 0.6) is 0 Å². The number of carbonyl (C=O) groups is 2. The molecular weight excluding hydrogens is 487 g/mol. The van der Waals surface area contributed by atoms with Crippen molar-refractivity contribution >= 4 is 55.6 Å². The standard InChI is InChI=1S/C17H15Br2FN4O3/c1-10(25)21-6-13-8-24(17(26)27-13)12-2-3-15(14(20)5-12)23-7-11(22-9-23)4-16(18)19/h2-5,7,9,13H,6,8H2,1H3,(H,21,25)/t13-/m0/s1. The number of aromatic nitrogens is 2. The van der Waals surface area contributed by atoms with E-state index < -0.39 is 18.0 Å². The molecule has 10 heteroatoms. The molecule has 1 saturated heterocycles. The van der Waals surface area contributed by atoms with E-state index in [1.807, 2.05) is 0 Å². The lowest BCUT2D eigenvalue weighted by atomic mass is 10.2. The van der Waals surface area contributed by atoms with Gasteiger partial charge in [0, 0.05) is 13.1 Å². The number of rotatable bonds is 5. The van der Waals surface area contributed by atoms with Gasteiger partial charge in [0.05, 0.1) is 39.9 Å². The summed E-state index contributed by atoms with van der Waals surface area (Å²) in [7, 11) is 0. The highest BCUT2D eigenvalue weighted by Gasteiger charge is 2.32. The predicted molar refractivity (Wildman–Crippen MR) is 106 cm³/mol. The number of carbonyl (C=O) groups excluding carboxylic acids is 2. The van der Waals surface area contributed by atoms with Crippen LogP contribution in [-0.2, 0) is 9.53 Å². The van der Waals surface area contributed by atoms with E-state index in [4.69, 9.17) is 4.74 Å². The van der Waals surface area contributed by atoms with Crippen LogP contribution in [0.15, 0.2) is 34.1 Å². The van der Waals surface area contributed by atoms with Gasteiger partial charge in [-0.1, -0.05) is 0 Å². The van der Waals surface area contributed by atoms with Crippen LogP contribution in [-0.4, -0.2) is 40.7 Å². The number of hydrogen-bond acceptors (Lipinski definition) is 4. The minimum atomic E-state index is -0.574. The molecule has 1 N–H and O–H groups in total. The van der Waals surface area contributed by atoms with Gasteiger partial charge in [0.25, 0.3) is 0 Å². The SMILES string of the molecule is CC(=O)NC[C@H]1CN(c2ccc(-n3cnc(C=C(Br)Br)c3)c(F)c2)C(=O)O1. The maximum atomic E-state index is 14.6. The van der Waals surface area contributed by atoms with Gasteiger partial charge in [-0.05, 0) is 56.1 Å². The molecule has 1 aliphatic heterocycles. The number of halogens is 3. The Kier molecular flexibility index (Phi) is 5.95. The van der Waals surface area contributed by atoms with Crippen molar-refractivity contribution in [1.29, 1.82) is 0 Å². The number of ether oxygens (including phenoxy) is 1. The van der Waals surface area contributed by atoms with Gasteiger partial charge in [0.2, 0.25) is 5.91 Å². The molecule has 2 amide bonds. The minimum absolute atomic E-state index is 0.207. The molecule has 1 aromatic heterocycles. The van der Waals surface area contributed by atoms with Gasteiger partial charge in [0.15, 0.2) is 0 Å². The molecule has 0 radical (unpaired) electrons. The zero-order valence-corrected chi connectivity index (χ0v) is 17.3. The van der Waals surface area contributed by atoms with Crippen LogP contribution in [0.4, 0.5) is 14.9 Å². The van der Waals surface area contributed by atoms with Crippen LogP contribution in [0, 0.1) is 5.82 Å². The second kappa shape index (κ2) is 8.22. The lowest BCUT2D eigenvalue weighted by Gasteiger charge is -2.14. The van der Waals surface area contributed by atoms with Crippen LogP contribution >= 0.6 is 31.9 Å². The molecule has 7 nitrogen and oxygen atoms in total. The summed E-state index contributed by atoms with van der Waals surface area (Å²) < 4.78 is 22.1. The minimum Gasteiger partial charge on any atom is -0.442 e. The van der Waals surface area contributed by atoms with Gasteiger partial charge >= 0.3 is 6.09 Å². The fraction of sp³-hybridized carbons (Fsp3) is 0.235. The lowest BCUT2D eigenvalue weighted by Crippen LogP contribution is -2.33. The average Bonchev–Trinajstić information content (AvgIpc) is 3.19. The summed E-state index contributed by atoms with van der Waals surface area (Å²) in [4.78, 5) is 28.5. The largest absolute Gasteiger partial charge is 0.442 e. The van der Waals surface area contributed by atoms with Gasteiger partial charge in [-0.2, -0.15) is 0 Å². The van der Waals surface area contributed by atoms with Crippen LogP contribution in [0.1, 0.15) is 12.6 Å². The van der Waals surface area contributed by atoms with Crippen molar-refractivity contribution in [3.8, 4) is 5.69 Å². The van der Waals surface area contributed by atoms with Gasteiger partial charge in [-0.3, -0.25) is 9.69 Å². The number of amides is 2. The summed E-state index contributed by atoms with van der Waals surface area (Å²) in [5.41, 5.74) is 1.33. The summed E-state index contributed by atoms with van der Waals surface area (Å²) in [6.45, 7) is 1.83. The molecule has 27 heavy (non-hydrogen) atoms. The lowest BCUT2D eigenvalue weighted by molar-refractivity contribution is -0.119. The molecule has 2 heterocycles. The Morgan fingerprint density at radius 2 is 2.26 bits per heavy atom. The summed E-state index contributed by atoms with van der Waals surface area (Å²) in [5.74, 6) is -0.710. The summed E-state index contributed by atoms with van der Waals surface area (Å²) in [5, 5.41) is 2.60. The third kappa shape index (κ3) is 4.75. The summed E-state index contributed by atoms with van der Waals surface area (Å²) in [6.07, 6.45) is 3.86. The zero-order valence-electron chi connectivity index (χ0n) is 14.2. The van der Waals surface area contributed by atoms with Gasteiger partial charge in [-0.15, -0.1) is 0 Å².